The van der Waals surface area contributed by atoms with E-state index in [0.29, 0.717) is 12.0 Å². The highest BCUT2D eigenvalue weighted by atomic mass is 16.5. The van der Waals surface area contributed by atoms with Crippen molar-refractivity contribution in [2.45, 2.75) is 32.0 Å². The molecule has 0 fully saturated rings. The highest BCUT2D eigenvalue weighted by Gasteiger charge is 2.36. The van der Waals surface area contributed by atoms with E-state index in [1.54, 1.807) is 18.2 Å². The first-order valence-electron chi connectivity index (χ1n) is 5.90. The van der Waals surface area contributed by atoms with Crippen molar-refractivity contribution in [2.75, 3.05) is 0 Å². The van der Waals surface area contributed by atoms with Gasteiger partial charge >= 0.3 is 5.63 Å². The van der Waals surface area contributed by atoms with Gasteiger partial charge in [-0.25, -0.2) is 4.79 Å². The zero-order valence-electron chi connectivity index (χ0n) is 10.3. The number of fused-ring (bicyclic) bond motifs is 3. The van der Waals surface area contributed by atoms with Gasteiger partial charge in [0.15, 0.2) is 0 Å². The molecule has 2 heterocycles. The number of ether oxygens (including phenoxy) is 1. The number of aliphatic hydroxyl groups excluding tert-OH is 1. The second kappa shape index (κ2) is 3.59. The molecule has 0 spiro atoms. The topological polar surface area (TPSA) is 59.7 Å². The molecule has 0 saturated carbocycles. The van der Waals surface area contributed by atoms with Crippen LogP contribution in [0.15, 0.2) is 33.5 Å². The number of aliphatic hydroxyl groups is 1. The van der Waals surface area contributed by atoms with Gasteiger partial charge in [-0.05, 0) is 32.0 Å². The van der Waals surface area contributed by atoms with Crippen LogP contribution in [0.2, 0.25) is 0 Å². The van der Waals surface area contributed by atoms with Crippen molar-refractivity contribution >= 4 is 11.0 Å². The summed E-state index contributed by atoms with van der Waals surface area (Å²) in [6, 6.07) is 6.61. The van der Waals surface area contributed by atoms with E-state index in [0.717, 1.165) is 16.7 Å². The molecule has 0 saturated heterocycles. The van der Waals surface area contributed by atoms with Crippen LogP contribution in [0.1, 0.15) is 19.4 Å². The van der Waals surface area contributed by atoms with Crippen LogP contribution in [0, 0.1) is 0 Å². The van der Waals surface area contributed by atoms with E-state index >= 15 is 0 Å². The lowest BCUT2D eigenvalue weighted by Gasteiger charge is -2.37. The smallest absolute Gasteiger partial charge is 0.336 e. The maximum Gasteiger partial charge on any atom is 0.336 e. The van der Waals surface area contributed by atoms with Crippen LogP contribution in [0.3, 0.4) is 0 Å². The summed E-state index contributed by atoms with van der Waals surface area (Å²) in [4.78, 5) is 11.2. The number of rotatable bonds is 0. The molecule has 94 valence electrons. The second-order valence-electron chi connectivity index (χ2n) is 5.13. The Balaban J connectivity index is 2.25. The van der Waals surface area contributed by atoms with Crippen LogP contribution in [-0.4, -0.2) is 16.8 Å². The summed E-state index contributed by atoms with van der Waals surface area (Å²) in [5.74, 6) is 0.742. The normalized spacial score (nSPS) is 21.4. The van der Waals surface area contributed by atoms with Crippen molar-refractivity contribution in [1.29, 1.82) is 0 Å². The molecule has 0 unspecified atom stereocenters. The van der Waals surface area contributed by atoms with Gasteiger partial charge in [-0.1, -0.05) is 0 Å². The second-order valence-corrected chi connectivity index (χ2v) is 5.13. The lowest BCUT2D eigenvalue weighted by Crippen LogP contribution is -2.46. The van der Waals surface area contributed by atoms with E-state index in [-0.39, 0.29) is 5.63 Å². The molecule has 2 aromatic rings. The van der Waals surface area contributed by atoms with Gasteiger partial charge < -0.3 is 14.3 Å². The van der Waals surface area contributed by atoms with Crippen molar-refractivity contribution in [3.05, 3.63) is 40.2 Å². The Bertz CT molecular complexity index is 669. The van der Waals surface area contributed by atoms with Crippen LogP contribution >= 0.6 is 0 Å². The first-order valence-corrected chi connectivity index (χ1v) is 5.90. The van der Waals surface area contributed by atoms with Crippen molar-refractivity contribution in [3.63, 3.8) is 0 Å². The third kappa shape index (κ3) is 1.61. The Hall–Kier alpha value is -1.81. The van der Waals surface area contributed by atoms with E-state index in [4.69, 9.17) is 9.15 Å². The molecule has 0 aliphatic carbocycles. The first kappa shape index (κ1) is 11.3. The zero-order valence-corrected chi connectivity index (χ0v) is 10.3. The average molecular weight is 246 g/mol. The average Bonchev–Trinajstić information content (AvgIpc) is 2.30. The highest BCUT2D eigenvalue weighted by Crippen LogP contribution is 2.37. The third-order valence-corrected chi connectivity index (χ3v) is 3.44. The van der Waals surface area contributed by atoms with Gasteiger partial charge in [0.05, 0.1) is 6.10 Å². The standard InChI is InChI=1S/C14H14O4/c1-14(2)12(15)7-9-8-3-6-13(16)17-10(8)4-5-11(9)18-14/h3-6,12,15H,7H2,1-2H3/t12-/m0/s1. The van der Waals surface area contributed by atoms with Crippen molar-refractivity contribution in [3.8, 4) is 5.75 Å². The molecule has 1 atom stereocenters. The van der Waals surface area contributed by atoms with Gasteiger partial charge in [-0.15, -0.1) is 0 Å². The molecule has 1 aromatic carbocycles. The Kier molecular flexibility index (Phi) is 2.25. The van der Waals surface area contributed by atoms with Crippen molar-refractivity contribution < 1.29 is 14.3 Å². The van der Waals surface area contributed by atoms with E-state index in [9.17, 15) is 9.90 Å². The van der Waals surface area contributed by atoms with E-state index < -0.39 is 11.7 Å². The molecular weight excluding hydrogens is 232 g/mol. The predicted octanol–water partition coefficient (Wildman–Crippen LogP) is 1.87. The molecule has 1 aliphatic heterocycles. The molecule has 1 aromatic heterocycles. The van der Waals surface area contributed by atoms with Gasteiger partial charge in [0.2, 0.25) is 0 Å². The van der Waals surface area contributed by atoms with Crippen LogP contribution in [0.5, 0.6) is 5.75 Å². The Morgan fingerprint density at radius 2 is 2.06 bits per heavy atom. The maximum atomic E-state index is 11.2. The maximum absolute atomic E-state index is 11.2. The van der Waals surface area contributed by atoms with Gasteiger partial charge in [-0.3, -0.25) is 0 Å². The van der Waals surface area contributed by atoms with Crippen molar-refractivity contribution in [2.24, 2.45) is 0 Å². The summed E-state index contributed by atoms with van der Waals surface area (Å²) < 4.78 is 10.9. The zero-order chi connectivity index (χ0) is 12.9. The fourth-order valence-corrected chi connectivity index (χ4v) is 2.29. The third-order valence-electron chi connectivity index (χ3n) is 3.44. The van der Waals surface area contributed by atoms with E-state index in [1.807, 2.05) is 13.8 Å². The molecule has 1 aliphatic rings. The van der Waals surface area contributed by atoms with Gasteiger partial charge in [0, 0.05) is 23.4 Å². The summed E-state index contributed by atoms with van der Waals surface area (Å²) in [6.45, 7) is 3.71. The Morgan fingerprint density at radius 3 is 2.83 bits per heavy atom. The van der Waals surface area contributed by atoms with Gasteiger partial charge in [-0.2, -0.15) is 0 Å². The van der Waals surface area contributed by atoms with Gasteiger partial charge in [0.25, 0.3) is 0 Å². The number of hydrogen-bond acceptors (Lipinski definition) is 4. The Labute approximate surface area is 104 Å². The summed E-state index contributed by atoms with van der Waals surface area (Å²) >= 11 is 0. The minimum atomic E-state index is -0.601. The SMILES string of the molecule is CC1(C)Oc2ccc3oc(=O)ccc3c2C[C@@H]1O. The van der Waals surface area contributed by atoms with Crippen molar-refractivity contribution in [1.82, 2.24) is 0 Å². The van der Waals surface area contributed by atoms with Crippen LogP contribution in [-0.2, 0) is 6.42 Å². The minimum absolute atomic E-state index is 0.375. The van der Waals surface area contributed by atoms with E-state index in [1.165, 1.54) is 6.07 Å². The van der Waals surface area contributed by atoms with E-state index in [2.05, 4.69) is 0 Å². The molecule has 18 heavy (non-hydrogen) atoms. The summed E-state index contributed by atoms with van der Waals surface area (Å²) in [7, 11) is 0. The fraction of sp³-hybridized carbons (Fsp3) is 0.357. The monoisotopic (exact) mass is 246 g/mol. The number of hydrogen-bond donors (Lipinski definition) is 1. The fourth-order valence-electron chi connectivity index (χ4n) is 2.29. The molecule has 0 amide bonds. The summed E-state index contributed by atoms with van der Waals surface area (Å²) in [6.07, 6.45) is -0.0875. The molecule has 4 nitrogen and oxygen atoms in total. The minimum Gasteiger partial charge on any atom is -0.485 e. The molecule has 1 N–H and O–H groups in total. The molecule has 3 rings (SSSR count). The first-order chi connectivity index (χ1) is 8.47. The lowest BCUT2D eigenvalue weighted by molar-refractivity contribution is -0.0407. The molecule has 4 heteroatoms. The quantitative estimate of drug-likeness (QED) is 0.721. The number of benzene rings is 1. The summed E-state index contributed by atoms with van der Waals surface area (Å²) in [5, 5.41) is 10.9. The Morgan fingerprint density at radius 1 is 1.28 bits per heavy atom. The molecule has 0 radical (unpaired) electrons. The van der Waals surface area contributed by atoms with Gasteiger partial charge in [0.1, 0.15) is 16.9 Å². The van der Waals surface area contributed by atoms with Crippen LogP contribution in [0.4, 0.5) is 0 Å². The lowest BCUT2D eigenvalue weighted by atomic mass is 9.89. The largest absolute Gasteiger partial charge is 0.485 e. The summed E-state index contributed by atoms with van der Waals surface area (Å²) in [5.41, 5.74) is 0.441. The highest BCUT2D eigenvalue weighted by molar-refractivity contribution is 5.83. The molecular formula is C14H14O4. The van der Waals surface area contributed by atoms with Crippen LogP contribution < -0.4 is 10.4 Å². The molecule has 0 bridgehead atoms. The predicted molar refractivity (Wildman–Crippen MR) is 66.9 cm³/mol. The van der Waals surface area contributed by atoms with Crippen LogP contribution in [0.25, 0.3) is 11.0 Å².